The van der Waals surface area contributed by atoms with E-state index in [1.807, 2.05) is 12.1 Å². The van der Waals surface area contributed by atoms with Gasteiger partial charge < -0.3 is 14.2 Å². The van der Waals surface area contributed by atoms with Crippen LogP contribution in [0.5, 0.6) is 5.75 Å². The quantitative estimate of drug-likeness (QED) is 0.512. The summed E-state index contributed by atoms with van der Waals surface area (Å²) in [6.07, 6.45) is 10.8. The van der Waals surface area contributed by atoms with Gasteiger partial charge in [-0.15, -0.1) is 0 Å². The molecular formula is C25H35NO5. The zero-order valence-corrected chi connectivity index (χ0v) is 18.6. The summed E-state index contributed by atoms with van der Waals surface area (Å²) in [6.45, 7) is 3.49. The first-order chi connectivity index (χ1) is 15.2. The van der Waals surface area contributed by atoms with E-state index in [0.29, 0.717) is 24.5 Å². The summed E-state index contributed by atoms with van der Waals surface area (Å²) in [5, 5.41) is 0. The van der Waals surface area contributed by atoms with E-state index in [1.54, 1.807) is 0 Å². The lowest BCUT2D eigenvalue weighted by Crippen LogP contribution is -2.35. The van der Waals surface area contributed by atoms with Crippen LogP contribution in [0.25, 0.3) is 0 Å². The molecule has 2 aliphatic heterocycles. The fourth-order valence-electron chi connectivity index (χ4n) is 5.25. The molecule has 3 atom stereocenters. The Morgan fingerprint density at radius 2 is 2.00 bits per heavy atom. The van der Waals surface area contributed by atoms with Crippen molar-refractivity contribution in [1.82, 2.24) is 4.90 Å². The summed E-state index contributed by atoms with van der Waals surface area (Å²) in [4.78, 5) is 25.0. The van der Waals surface area contributed by atoms with Crippen LogP contribution in [0, 0.1) is 11.8 Å². The van der Waals surface area contributed by atoms with Gasteiger partial charge in [-0.05, 0) is 48.3 Å². The standard InChI is InChI=1S/C25H35NO5/c1-2-3-4-5-6-7-10-22-21-14-18-9-8-11-23(20(18)15-19(21)16-30-22)31-17-24(27)26-12-13-29-25(26)28/h8-9,11,19,21-22H,2-7,10,12-17H2,1H3. The molecule has 4 rings (SSSR count). The Morgan fingerprint density at radius 3 is 2.81 bits per heavy atom. The molecule has 2 fully saturated rings. The number of fused-ring (bicyclic) bond motifs is 2. The van der Waals surface area contributed by atoms with Crippen molar-refractivity contribution in [3.63, 3.8) is 0 Å². The molecule has 0 aromatic heterocycles. The molecule has 1 aliphatic carbocycles. The number of amides is 2. The number of ether oxygens (including phenoxy) is 3. The molecule has 170 valence electrons. The molecule has 2 saturated heterocycles. The monoisotopic (exact) mass is 429 g/mol. The van der Waals surface area contributed by atoms with E-state index in [1.165, 1.54) is 56.1 Å². The highest BCUT2D eigenvalue weighted by molar-refractivity contribution is 5.93. The number of unbranched alkanes of at least 4 members (excludes halogenated alkanes) is 5. The number of rotatable bonds is 10. The molecule has 31 heavy (non-hydrogen) atoms. The molecule has 3 unspecified atom stereocenters. The average molecular weight is 430 g/mol. The first kappa shape index (κ1) is 22.1. The van der Waals surface area contributed by atoms with Crippen LogP contribution in [0.4, 0.5) is 4.79 Å². The van der Waals surface area contributed by atoms with E-state index >= 15 is 0 Å². The average Bonchev–Trinajstić information content (AvgIpc) is 3.38. The number of hydrogen-bond donors (Lipinski definition) is 0. The first-order valence-electron chi connectivity index (χ1n) is 12.0. The van der Waals surface area contributed by atoms with E-state index in [9.17, 15) is 9.59 Å². The number of imide groups is 1. The number of cyclic esters (lactones) is 1. The Labute approximate surface area is 185 Å². The van der Waals surface area contributed by atoms with Crippen LogP contribution in [-0.2, 0) is 27.1 Å². The molecule has 6 heteroatoms. The van der Waals surface area contributed by atoms with Gasteiger partial charge in [-0.2, -0.15) is 0 Å². The highest BCUT2D eigenvalue weighted by Gasteiger charge is 2.40. The smallest absolute Gasteiger partial charge is 0.416 e. The molecule has 1 aromatic rings. The van der Waals surface area contributed by atoms with Gasteiger partial charge in [0.25, 0.3) is 5.91 Å². The minimum atomic E-state index is -0.578. The first-order valence-corrected chi connectivity index (χ1v) is 12.0. The highest BCUT2D eigenvalue weighted by atomic mass is 16.6. The minimum Gasteiger partial charge on any atom is -0.483 e. The molecule has 1 aromatic carbocycles. The SMILES string of the molecule is CCCCCCCCC1OCC2Cc3c(cccc3OCC(=O)N3CCOC3=O)CC21. The second-order valence-electron chi connectivity index (χ2n) is 9.10. The van der Waals surface area contributed by atoms with E-state index in [2.05, 4.69) is 13.0 Å². The third kappa shape index (κ3) is 5.22. The summed E-state index contributed by atoms with van der Waals surface area (Å²) in [6, 6.07) is 6.11. The Kier molecular flexibility index (Phi) is 7.49. The largest absolute Gasteiger partial charge is 0.483 e. The molecule has 2 amide bonds. The van der Waals surface area contributed by atoms with Gasteiger partial charge in [0.05, 0.1) is 19.3 Å². The van der Waals surface area contributed by atoms with E-state index < -0.39 is 6.09 Å². The zero-order chi connectivity index (χ0) is 21.6. The number of benzene rings is 1. The van der Waals surface area contributed by atoms with Crippen molar-refractivity contribution in [1.29, 1.82) is 0 Å². The molecule has 0 radical (unpaired) electrons. The predicted octanol–water partition coefficient (Wildman–Crippen LogP) is 4.52. The summed E-state index contributed by atoms with van der Waals surface area (Å²) >= 11 is 0. The molecule has 2 heterocycles. The van der Waals surface area contributed by atoms with Crippen molar-refractivity contribution in [3.8, 4) is 5.75 Å². The molecule has 3 aliphatic rings. The van der Waals surface area contributed by atoms with Crippen molar-refractivity contribution in [2.45, 2.75) is 70.8 Å². The number of nitrogens with zero attached hydrogens (tertiary/aromatic N) is 1. The molecule has 6 nitrogen and oxygen atoms in total. The van der Waals surface area contributed by atoms with Crippen LogP contribution in [-0.4, -0.2) is 49.4 Å². The summed E-state index contributed by atoms with van der Waals surface area (Å²) in [5.74, 6) is 1.51. The summed E-state index contributed by atoms with van der Waals surface area (Å²) in [5.41, 5.74) is 2.51. The molecular weight excluding hydrogens is 394 g/mol. The topological polar surface area (TPSA) is 65.1 Å². The van der Waals surface area contributed by atoms with Gasteiger partial charge in [0.15, 0.2) is 6.61 Å². The maximum atomic E-state index is 12.3. The van der Waals surface area contributed by atoms with Gasteiger partial charge in [-0.3, -0.25) is 4.79 Å². The van der Waals surface area contributed by atoms with Gasteiger partial charge in [0.1, 0.15) is 12.4 Å². The van der Waals surface area contributed by atoms with Gasteiger partial charge in [0, 0.05) is 0 Å². The summed E-state index contributed by atoms with van der Waals surface area (Å²) in [7, 11) is 0. The zero-order valence-electron chi connectivity index (χ0n) is 18.6. The molecule has 0 N–H and O–H groups in total. The van der Waals surface area contributed by atoms with Crippen molar-refractivity contribution in [2.75, 3.05) is 26.4 Å². The number of hydrogen-bond acceptors (Lipinski definition) is 5. The Bertz CT molecular complexity index is 779. The predicted molar refractivity (Wildman–Crippen MR) is 117 cm³/mol. The van der Waals surface area contributed by atoms with Gasteiger partial charge >= 0.3 is 6.09 Å². The van der Waals surface area contributed by atoms with Crippen molar-refractivity contribution in [3.05, 3.63) is 29.3 Å². The van der Waals surface area contributed by atoms with Gasteiger partial charge in [0.2, 0.25) is 0 Å². The van der Waals surface area contributed by atoms with Crippen molar-refractivity contribution in [2.24, 2.45) is 11.8 Å². The maximum Gasteiger partial charge on any atom is 0.416 e. The Hall–Kier alpha value is -2.08. The van der Waals surface area contributed by atoms with Crippen LogP contribution in [0.1, 0.15) is 63.0 Å². The van der Waals surface area contributed by atoms with Crippen molar-refractivity contribution >= 4 is 12.0 Å². The van der Waals surface area contributed by atoms with Crippen LogP contribution in [0.2, 0.25) is 0 Å². The normalized spacial score (nSPS) is 24.6. The third-order valence-corrected chi connectivity index (χ3v) is 7.01. The number of carbonyl (C=O) groups is 2. The number of carbonyl (C=O) groups excluding carboxylic acids is 2. The third-order valence-electron chi connectivity index (χ3n) is 7.01. The fourth-order valence-corrected chi connectivity index (χ4v) is 5.25. The van der Waals surface area contributed by atoms with E-state index in [0.717, 1.165) is 30.1 Å². The summed E-state index contributed by atoms with van der Waals surface area (Å²) < 4.78 is 16.9. The van der Waals surface area contributed by atoms with Crippen LogP contribution < -0.4 is 4.74 Å². The second-order valence-corrected chi connectivity index (χ2v) is 9.10. The van der Waals surface area contributed by atoms with E-state index in [4.69, 9.17) is 14.2 Å². The minimum absolute atomic E-state index is 0.142. The highest BCUT2D eigenvalue weighted by Crippen LogP contribution is 2.42. The van der Waals surface area contributed by atoms with Crippen LogP contribution in [0.15, 0.2) is 18.2 Å². The second kappa shape index (κ2) is 10.5. The lowest BCUT2D eigenvalue weighted by atomic mass is 9.74. The fraction of sp³-hybridized carbons (Fsp3) is 0.680. The maximum absolute atomic E-state index is 12.3. The Balaban J connectivity index is 1.31. The lowest BCUT2D eigenvalue weighted by Gasteiger charge is -2.30. The van der Waals surface area contributed by atoms with Crippen LogP contribution >= 0.6 is 0 Å². The van der Waals surface area contributed by atoms with Crippen LogP contribution in [0.3, 0.4) is 0 Å². The van der Waals surface area contributed by atoms with Gasteiger partial charge in [-0.25, -0.2) is 9.69 Å². The molecule has 0 bridgehead atoms. The molecule has 0 spiro atoms. The van der Waals surface area contributed by atoms with Gasteiger partial charge in [-0.1, -0.05) is 57.6 Å². The van der Waals surface area contributed by atoms with Crippen molar-refractivity contribution < 1.29 is 23.8 Å². The Morgan fingerprint density at radius 1 is 1.16 bits per heavy atom. The van der Waals surface area contributed by atoms with E-state index in [-0.39, 0.29) is 19.1 Å². The lowest BCUT2D eigenvalue weighted by molar-refractivity contribution is -0.129. The molecule has 0 saturated carbocycles.